The lowest BCUT2D eigenvalue weighted by atomic mass is 9.98. The average Bonchev–Trinajstić information content (AvgIpc) is 1.96. The lowest BCUT2D eigenvalue weighted by molar-refractivity contribution is 0.374. The van der Waals surface area contributed by atoms with E-state index in [9.17, 15) is 13.2 Å². The molecule has 0 aliphatic carbocycles. The van der Waals surface area contributed by atoms with E-state index in [-0.39, 0.29) is 6.04 Å². The van der Waals surface area contributed by atoms with Crippen LogP contribution in [-0.2, 0) is 0 Å². The van der Waals surface area contributed by atoms with Crippen molar-refractivity contribution in [2.75, 3.05) is 6.54 Å². The normalized spacial score (nSPS) is 21.3. The van der Waals surface area contributed by atoms with E-state index in [1.54, 1.807) is 0 Å². The summed E-state index contributed by atoms with van der Waals surface area (Å²) < 4.78 is 38.0. The Bertz CT molecular complexity index is 311. The Balaban J connectivity index is 2.37. The lowest BCUT2D eigenvalue weighted by Crippen LogP contribution is -2.35. The molecule has 0 bridgehead atoms. The molecule has 1 aromatic carbocycles. The molecule has 1 fully saturated rings. The van der Waals surface area contributed by atoms with Gasteiger partial charge in [-0.15, -0.1) is 0 Å². The van der Waals surface area contributed by atoms with Gasteiger partial charge in [0.25, 0.3) is 0 Å². The Kier molecular flexibility index (Phi) is 2.00. The molecule has 0 radical (unpaired) electrons. The largest absolute Gasteiger partial charge is 0.310 e. The van der Waals surface area contributed by atoms with Gasteiger partial charge in [-0.1, -0.05) is 0 Å². The molecule has 1 saturated heterocycles. The molecule has 0 spiro atoms. The predicted molar refractivity (Wildman–Crippen MR) is 41.7 cm³/mol. The van der Waals surface area contributed by atoms with Crippen molar-refractivity contribution in [3.8, 4) is 0 Å². The molecular weight excluding hydrogens is 179 g/mol. The SMILES string of the molecule is Fc1cc([C@H]2CCN2)cc(F)c1F. The summed E-state index contributed by atoms with van der Waals surface area (Å²) in [7, 11) is 0. The fourth-order valence-corrected chi connectivity index (χ4v) is 1.35. The first-order valence-corrected chi connectivity index (χ1v) is 4.06. The highest BCUT2D eigenvalue weighted by Crippen LogP contribution is 2.25. The molecule has 2 rings (SSSR count). The topological polar surface area (TPSA) is 12.0 Å². The van der Waals surface area contributed by atoms with Gasteiger partial charge in [0.2, 0.25) is 0 Å². The smallest absolute Gasteiger partial charge is 0.194 e. The van der Waals surface area contributed by atoms with Crippen molar-refractivity contribution in [2.24, 2.45) is 0 Å². The van der Waals surface area contributed by atoms with Crippen LogP contribution in [0.1, 0.15) is 18.0 Å². The summed E-state index contributed by atoms with van der Waals surface area (Å²) in [6.45, 7) is 0.839. The summed E-state index contributed by atoms with van der Waals surface area (Å²) in [6, 6.07) is 2.05. The van der Waals surface area contributed by atoms with Crippen molar-refractivity contribution >= 4 is 0 Å². The molecule has 4 heteroatoms. The Morgan fingerprint density at radius 1 is 1.15 bits per heavy atom. The molecule has 13 heavy (non-hydrogen) atoms. The number of nitrogens with one attached hydrogen (secondary N) is 1. The standard InChI is InChI=1S/C9H8F3N/c10-6-3-5(8-1-2-13-8)4-7(11)9(6)12/h3-4,8,13H,1-2H2/t8-/m1/s1. The second-order valence-electron chi connectivity index (χ2n) is 3.09. The molecule has 1 heterocycles. The van der Waals surface area contributed by atoms with Crippen LogP contribution in [0.15, 0.2) is 12.1 Å². The zero-order valence-electron chi connectivity index (χ0n) is 6.78. The summed E-state index contributed by atoms with van der Waals surface area (Å²) in [5.74, 6) is -3.64. The molecular formula is C9H8F3N. The number of hydrogen-bond donors (Lipinski definition) is 1. The predicted octanol–water partition coefficient (Wildman–Crippen LogP) is 2.14. The van der Waals surface area contributed by atoms with E-state index < -0.39 is 17.5 Å². The van der Waals surface area contributed by atoms with Gasteiger partial charge < -0.3 is 5.32 Å². The van der Waals surface area contributed by atoms with Crippen LogP contribution >= 0.6 is 0 Å². The number of benzene rings is 1. The third kappa shape index (κ3) is 1.42. The van der Waals surface area contributed by atoms with Gasteiger partial charge in [0.05, 0.1) is 0 Å². The van der Waals surface area contributed by atoms with Crippen LogP contribution in [0.3, 0.4) is 0 Å². The Hall–Kier alpha value is -1.03. The van der Waals surface area contributed by atoms with Crippen LogP contribution in [-0.4, -0.2) is 6.54 Å². The quantitative estimate of drug-likeness (QED) is 0.664. The molecule has 0 unspecified atom stereocenters. The first kappa shape index (κ1) is 8.56. The number of halogens is 3. The van der Waals surface area contributed by atoms with Crippen molar-refractivity contribution in [1.82, 2.24) is 5.32 Å². The van der Waals surface area contributed by atoms with Crippen LogP contribution in [0.25, 0.3) is 0 Å². The summed E-state index contributed by atoms with van der Waals surface area (Å²) in [4.78, 5) is 0. The minimum absolute atomic E-state index is 0.0235. The maximum Gasteiger partial charge on any atom is 0.194 e. The van der Waals surface area contributed by atoms with Gasteiger partial charge >= 0.3 is 0 Å². The van der Waals surface area contributed by atoms with Gasteiger partial charge in [-0.25, -0.2) is 13.2 Å². The molecule has 0 aromatic heterocycles. The summed E-state index contributed by atoms with van der Waals surface area (Å²) in [5.41, 5.74) is 0.475. The fraction of sp³-hybridized carbons (Fsp3) is 0.333. The minimum atomic E-state index is -1.40. The highest BCUT2D eigenvalue weighted by atomic mass is 19.2. The van der Waals surface area contributed by atoms with Crippen LogP contribution in [0, 0.1) is 17.5 Å². The average molecular weight is 187 g/mol. The van der Waals surface area contributed by atoms with Gasteiger partial charge in [0.1, 0.15) is 0 Å². The van der Waals surface area contributed by atoms with E-state index in [2.05, 4.69) is 5.32 Å². The molecule has 1 nitrogen and oxygen atoms in total. The van der Waals surface area contributed by atoms with E-state index in [1.807, 2.05) is 0 Å². The van der Waals surface area contributed by atoms with Gasteiger partial charge in [-0.2, -0.15) is 0 Å². The Morgan fingerprint density at radius 3 is 2.08 bits per heavy atom. The monoisotopic (exact) mass is 187 g/mol. The van der Waals surface area contributed by atoms with Gasteiger partial charge in [0, 0.05) is 6.04 Å². The van der Waals surface area contributed by atoms with Gasteiger partial charge in [0.15, 0.2) is 17.5 Å². The van der Waals surface area contributed by atoms with E-state index in [4.69, 9.17) is 0 Å². The summed E-state index contributed by atoms with van der Waals surface area (Å²) in [6.07, 6.45) is 0.838. The van der Waals surface area contributed by atoms with Gasteiger partial charge in [-0.05, 0) is 30.7 Å². The van der Waals surface area contributed by atoms with Crippen molar-refractivity contribution in [2.45, 2.75) is 12.5 Å². The highest BCUT2D eigenvalue weighted by molar-refractivity contribution is 5.24. The summed E-state index contributed by atoms with van der Waals surface area (Å²) in [5, 5.41) is 2.98. The molecule has 70 valence electrons. The molecule has 0 saturated carbocycles. The molecule has 1 aliphatic rings. The maximum atomic E-state index is 12.7. The van der Waals surface area contributed by atoms with Crippen molar-refractivity contribution in [3.63, 3.8) is 0 Å². The number of hydrogen-bond acceptors (Lipinski definition) is 1. The molecule has 1 atom stereocenters. The molecule has 0 amide bonds. The van der Waals surface area contributed by atoms with Crippen LogP contribution in [0.2, 0.25) is 0 Å². The van der Waals surface area contributed by atoms with Crippen LogP contribution in [0.5, 0.6) is 0 Å². The Labute approximate surface area is 73.6 Å². The fourth-order valence-electron chi connectivity index (χ4n) is 1.35. The second-order valence-corrected chi connectivity index (χ2v) is 3.09. The highest BCUT2D eigenvalue weighted by Gasteiger charge is 2.21. The van der Waals surface area contributed by atoms with E-state index in [0.29, 0.717) is 5.56 Å². The third-order valence-electron chi connectivity index (χ3n) is 2.23. The summed E-state index contributed by atoms with van der Waals surface area (Å²) >= 11 is 0. The first-order valence-electron chi connectivity index (χ1n) is 4.06. The van der Waals surface area contributed by atoms with Crippen molar-refractivity contribution in [1.29, 1.82) is 0 Å². The van der Waals surface area contributed by atoms with Crippen LogP contribution in [0.4, 0.5) is 13.2 Å². The zero-order chi connectivity index (χ0) is 9.42. The zero-order valence-corrected chi connectivity index (χ0v) is 6.78. The minimum Gasteiger partial charge on any atom is -0.310 e. The lowest BCUT2D eigenvalue weighted by Gasteiger charge is -2.28. The van der Waals surface area contributed by atoms with E-state index in [0.717, 1.165) is 25.1 Å². The molecule has 1 aromatic rings. The van der Waals surface area contributed by atoms with Crippen LogP contribution < -0.4 is 5.32 Å². The maximum absolute atomic E-state index is 12.7. The Morgan fingerprint density at radius 2 is 1.69 bits per heavy atom. The van der Waals surface area contributed by atoms with Crippen molar-refractivity contribution < 1.29 is 13.2 Å². The van der Waals surface area contributed by atoms with E-state index >= 15 is 0 Å². The van der Waals surface area contributed by atoms with Crippen molar-refractivity contribution in [3.05, 3.63) is 35.1 Å². The van der Waals surface area contributed by atoms with Gasteiger partial charge in [-0.3, -0.25) is 0 Å². The molecule has 1 aliphatic heterocycles. The molecule has 1 N–H and O–H groups in total. The van der Waals surface area contributed by atoms with E-state index in [1.165, 1.54) is 0 Å². The first-order chi connectivity index (χ1) is 6.18. The second kappa shape index (κ2) is 3.03. The number of rotatable bonds is 1. The third-order valence-corrected chi connectivity index (χ3v) is 2.23.